The maximum absolute atomic E-state index is 4.14. The molecular formula is C10H8IrN2. The molecular weight excluding hydrogens is 340 g/mol. The molecule has 0 unspecified atom stereocenters. The molecule has 0 amide bonds. The molecule has 2 nitrogen and oxygen atoms in total. The summed E-state index contributed by atoms with van der Waals surface area (Å²) in [5.41, 5.74) is 1.05. The van der Waals surface area contributed by atoms with Gasteiger partial charge >= 0.3 is 0 Å². The largest absolute Gasteiger partial charge is 0.237 e. The second-order valence-electron chi connectivity index (χ2n) is 2.44. The van der Waals surface area contributed by atoms with E-state index in [1.54, 1.807) is 12.4 Å². The normalized spacial score (nSPS) is 8.92. The van der Waals surface area contributed by atoms with Gasteiger partial charge in [-0.1, -0.05) is 30.3 Å². The summed E-state index contributed by atoms with van der Waals surface area (Å²) in [6, 6.07) is 11.7. The molecule has 1 radical (unpaired) electrons. The molecule has 1 heterocycles. The molecule has 1 aromatic heterocycles. The molecule has 0 spiro atoms. The fraction of sp³-hybridized carbons (Fsp3) is 0. The zero-order chi connectivity index (χ0) is 8.23. The van der Waals surface area contributed by atoms with Gasteiger partial charge in [-0.05, 0) is 6.07 Å². The van der Waals surface area contributed by atoms with Crippen molar-refractivity contribution >= 4 is 0 Å². The van der Waals surface area contributed by atoms with Crippen LogP contribution in [0, 0.1) is 0 Å². The van der Waals surface area contributed by atoms with Gasteiger partial charge in [0.2, 0.25) is 0 Å². The van der Waals surface area contributed by atoms with Gasteiger partial charge in [-0.25, -0.2) is 9.97 Å². The van der Waals surface area contributed by atoms with Crippen molar-refractivity contribution in [2.45, 2.75) is 0 Å². The quantitative estimate of drug-likeness (QED) is 0.789. The van der Waals surface area contributed by atoms with E-state index in [-0.39, 0.29) is 20.1 Å². The first-order valence-electron chi connectivity index (χ1n) is 3.79. The molecule has 0 atom stereocenters. The second-order valence-corrected chi connectivity index (χ2v) is 2.44. The fourth-order valence-electron chi connectivity index (χ4n) is 1.04. The third-order valence-electron chi connectivity index (χ3n) is 1.60. The van der Waals surface area contributed by atoms with E-state index in [1.165, 1.54) is 0 Å². The zero-order valence-electron chi connectivity index (χ0n) is 6.85. The van der Waals surface area contributed by atoms with Gasteiger partial charge in [0.05, 0.1) is 0 Å². The predicted octanol–water partition coefficient (Wildman–Crippen LogP) is 2.14. The zero-order valence-corrected chi connectivity index (χ0v) is 9.24. The molecule has 67 valence electrons. The second kappa shape index (κ2) is 4.85. The summed E-state index contributed by atoms with van der Waals surface area (Å²) in [6.45, 7) is 0. The van der Waals surface area contributed by atoms with Crippen LogP contribution in [0.5, 0.6) is 0 Å². The Balaban J connectivity index is 0.000000845. The molecule has 0 N–H and O–H groups in total. The molecule has 0 bridgehead atoms. The summed E-state index contributed by atoms with van der Waals surface area (Å²) in [4.78, 5) is 8.28. The van der Waals surface area contributed by atoms with E-state index in [9.17, 15) is 0 Å². The number of hydrogen-bond acceptors (Lipinski definition) is 2. The van der Waals surface area contributed by atoms with Gasteiger partial charge in [-0.2, -0.15) is 0 Å². The van der Waals surface area contributed by atoms with Crippen molar-refractivity contribution in [1.82, 2.24) is 9.97 Å². The Kier molecular flexibility index (Phi) is 3.74. The van der Waals surface area contributed by atoms with Crippen LogP contribution in [0.4, 0.5) is 0 Å². The summed E-state index contributed by atoms with van der Waals surface area (Å²) in [7, 11) is 0. The third-order valence-corrected chi connectivity index (χ3v) is 1.60. The smallest absolute Gasteiger partial charge is 0.159 e. The van der Waals surface area contributed by atoms with Crippen LogP contribution < -0.4 is 0 Å². The van der Waals surface area contributed by atoms with Crippen molar-refractivity contribution in [2.24, 2.45) is 0 Å². The maximum Gasteiger partial charge on any atom is 0.159 e. The predicted molar refractivity (Wildman–Crippen MR) is 47.5 cm³/mol. The minimum absolute atomic E-state index is 0. The number of hydrogen-bond donors (Lipinski definition) is 0. The Labute approximate surface area is 90.4 Å². The molecule has 3 heteroatoms. The van der Waals surface area contributed by atoms with Gasteiger partial charge in [-0.15, -0.1) is 0 Å². The van der Waals surface area contributed by atoms with Crippen molar-refractivity contribution in [2.75, 3.05) is 0 Å². The summed E-state index contributed by atoms with van der Waals surface area (Å²) >= 11 is 0. The van der Waals surface area contributed by atoms with E-state index in [2.05, 4.69) is 9.97 Å². The van der Waals surface area contributed by atoms with Gasteiger partial charge in [0.15, 0.2) is 5.82 Å². The van der Waals surface area contributed by atoms with Crippen LogP contribution in [-0.2, 0) is 20.1 Å². The van der Waals surface area contributed by atoms with Crippen LogP contribution >= 0.6 is 0 Å². The minimum Gasteiger partial charge on any atom is -0.237 e. The summed E-state index contributed by atoms with van der Waals surface area (Å²) < 4.78 is 0. The van der Waals surface area contributed by atoms with Crippen molar-refractivity contribution in [3.05, 3.63) is 48.8 Å². The molecule has 2 aromatic rings. The molecule has 2 rings (SSSR count). The van der Waals surface area contributed by atoms with Gasteiger partial charge in [0.25, 0.3) is 0 Å². The van der Waals surface area contributed by atoms with Gasteiger partial charge in [-0.3, -0.25) is 0 Å². The third kappa shape index (κ3) is 2.44. The Hall–Kier alpha value is -1.05. The Morgan fingerprint density at radius 3 is 2.00 bits per heavy atom. The van der Waals surface area contributed by atoms with Crippen LogP contribution in [-0.4, -0.2) is 9.97 Å². The van der Waals surface area contributed by atoms with Crippen LogP contribution in [0.1, 0.15) is 0 Å². The van der Waals surface area contributed by atoms with E-state index in [0.717, 1.165) is 11.4 Å². The van der Waals surface area contributed by atoms with Crippen molar-refractivity contribution < 1.29 is 20.1 Å². The SMILES string of the molecule is [Ir].c1ccc(-c2ncccn2)cc1. The molecule has 13 heavy (non-hydrogen) atoms. The van der Waals surface area contributed by atoms with E-state index in [1.807, 2.05) is 36.4 Å². The van der Waals surface area contributed by atoms with Gasteiger partial charge in [0, 0.05) is 38.1 Å². The number of benzene rings is 1. The van der Waals surface area contributed by atoms with Crippen LogP contribution in [0.15, 0.2) is 48.8 Å². The first-order chi connectivity index (χ1) is 5.97. The molecule has 0 fully saturated rings. The molecule has 0 aliphatic rings. The van der Waals surface area contributed by atoms with Crippen LogP contribution in [0.3, 0.4) is 0 Å². The summed E-state index contributed by atoms with van der Waals surface area (Å²) in [5.74, 6) is 0.776. The minimum atomic E-state index is 0. The van der Waals surface area contributed by atoms with E-state index < -0.39 is 0 Å². The van der Waals surface area contributed by atoms with E-state index >= 15 is 0 Å². The molecule has 0 saturated carbocycles. The molecule has 0 aliphatic carbocycles. The standard InChI is InChI=1S/C10H8N2.Ir/c1-2-5-9(6-3-1)10-11-7-4-8-12-10;/h1-8H;. The number of aromatic nitrogens is 2. The summed E-state index contributed by atoms with van der Waals surface area (Å²) in [6.07, 6.45) is 3.49. The van der Waals surface area contributed by atoms with Crippen LogP contribution in [0.2, 0.25) is 0 Å². The van der Waals surface area contributed by atoms with Crippen molar-refractivity contribution in [3.8, 4) is 11.4 Å². The Bertz CT molecular complexity index is 310. The molecule has 0 aliphatic heterocycles. The van der Waals surface area contributed by atoms with Gasteiger partial charge in [0.1, 0.15) is 0 Å². The van der Waals surface area contributed by atoms with Crippen molar-refractivity contribution in [1.29, 1.82) is 0 Å². The Morgan fingerprint density at radius 1 is 0.769 bits per heavy atom. The first kappa shape index (κ1) is 10.0. The Morgan fingerprint density at radius 2 is 1.38 bits per heavy atom. The van der Waals surface area contributed by atoms with Crippen LogP contribution in [0.25, 0.3) is 11.4 Å². The number of rotatable bonds is 1. The van der Waals surface area contributed by atoms with Crippen molar-refractivity contribution in [3.63, 3.8) is 0 Å². The topological polar surface area (TPSA) is 25.8 Å². The molecule has 1 aromatic carbocycles. The number of nitrogens with zero attached hydrogens (tertiary/aromatic N) is 2. The first-order valence-corrected chi connectivity index (χ1v) is 3.79. The van der Waals surface area contributed by atoms with E-state index in [4.69, 9.17) is 0 Å². The summed E-state index contributed by atoms with van der Waals surface area (Å²) in [5, 5.41) is 0. The molecule has 0 saturated heterocycles. The van der Waals surface area contributed by atoms with Gasteiger partial charge < -0.3 is 0 Å². The fourth-order valence-corrected chi connectivity index (χ4v) is 1.04. The maximum atomic E-state index is 4.14. The average molecular weight is 348 g/mol. The average Bonchev–Trinajstić information content (AvgIpc) is 2.21. The van der Waals surface area contributed by atoms with E-state index in [0.29, 0.717) is 0 Å². The monoisotopic (exact) mass is 349 g/mol.